The molecule has 0 unspecified atom stereocenters. The number of anilines is 1. The number of nitrogens with one attached hydrogen (secondary N) is 1. The van der Waals surface area contributed by atoms with Crippen LogP contribution in [0.5, 0.6) is 0 Å². The van der Waals surface area contributed by atoms with Crippen molar-refractivity contribution in [3.8, 4) is 0 Å². The quantitative estimate of drug-likeness (QED) is 0.793. The molecule has 0 fully saturated rings. The monoisotopic (exact) mass is 269 g/mol. The summed E-state index contributed by atoms with van der Waals surface area (Å²) in [5.41, 5.74) is 7.23. The van der Waals surface area contributed by atoms with Gasteiger partial charge in [0, 0.05) is 13.1 Å². The summed E-state index contributed by atoms with van der Waals surface area (Å²) >= 11 is 6.24. The Balaban J connectivity index is 3.05. The van der Waals surface area contributed by atoms with Crippen molar-refractivity contribution in [2.24, 2.45) is 5.73 Å². The SMILES string of the molecule is CCNCc1cccc(Cl)c1N(CC)CC(N)=O. The first-order chi connectivity index (χ1) is 8.60. The summed E-state index contributed by atoms with van der Waals surface area (Å²) in [6.07, 6.45) is 0. The molecule has 0 atom stereocenters. The van der Waals surface area contributed by atoms with Gasteiger partial charge in [-0.1, -0.05) is 30.7 Å². The molecule has 0 aromatic heterocycles. The molecule has 1 aromatic rings. The van der Waals surface area contributed by atoms with E-state index in [0.29, 0.717) is 11.6 Å². The number of hydrogen-bond donors (Lipinski definition) is 2. The summed E-state index contributed by atoms with van der Waals surface area (Å²) in [7, 11) is 0. The van der Waals surface area contributed by atoms with Crippen LogP contribution < -0.4 is 16.0 Å². The fraction of sp³-hybridized carbons (Fsp3) is 0.462. The predicted octanol–water partition coefficient (Wildman–Crippen LogP) is 1.76. The summed E-state index contributed by atoms with van der Waals surface area (Å²) in [6, 6.07) is 5.75. The molecule has 100 valence electrons. The van der Waals surface area contributed by atoms with Crippen LogP contribution in [0.4, 0.5) is 5.69 Å². The van der Waals surface area contributed by atoms with Crippen molar-refractivity contribution >= 4 is 23.2 Å². The Bertz CT molecular complexity index is 409. The number of halogens is 1. The van der Waals surface area contributed by atoms with E-state index < -0.39 is 0 Å². The van der Waals surface area contributed by atoms with Crippen molar-refractivity contribution < 1.29 is 4.79 Å². The van der Waals surface area contributed by atoms with Crippen LogP contribution in [0, 0.1) is 0 Å². The highest BCUT2D eigenvalue weighted by molar-refractivity contribution is 6.33. The minimum absolute atomic E-state index is 0.180. The van der Waals surface area contributed by atoms with E-state index in [9.17, 15) is 4.79 Å². The zero-order valence-electron chi connectivity index (χ0n) is 10.9. The molecule has 1 aromatic carbocycles. The second-order valence-electron chi connectivity index (χ2n) is 4.01. The molecule has 1 rings (SSSR count). The number of rotatable bonds is 7. The average Bonchev–Trinajstić information content (AvgIpc) is 2.33. The van der Waals surface area contributed by atoms with Gasteiger partial charge < -0.3 is 16.0 Å². The topological polar surface area (TPSA) is 58.4 Å². The molecule has 18 heavy (non-hydrogen) atoms. The molecule has 0 heterocycles. The van der Waals surface area contributed by atoms with Gasteiger partial charge in [0.1, 0.15) is 0 Å². The van der Waals surface area contributed by atoms with Gasteiger partial charge in [0.2, 0.25) is 5.91 Å². The molecule has 0 bridgehead atoms. The Labute approximate surface area is 113 Å². The van der Waals surface area contributed by atoms with E-state index in [1.54, 1.807) is 0 Å². The lowest BCUT2D eigenvalue weighted by Gasteiger charge is -2.25. The number of amides is 1. The Morgan fingerprint density at radius 1 is 1.44 bits per heavy atom. The maximum atomic E-state index is 11.1. The number of para-hydroxylation sites is 1. The summed E-state index contributed by atoms with van der Waals surface area (Å²) in [4.78, 5) is 13.0. The fourth-order valence-electron chi connectivity index (χ4n) is 1.85. The molecule has 0 aliphatic rings. The van der Waals surface area contributed by atoms with Gasteiger partial charge in [-0.15, -0.1) is 0 Å². The largest absolute Gasteiger partial charge is 0.368 e. The molecule has 4 nitrogen and oxygen atoms in total. The van der Waals surface area contributed by atoms with Crippen molar-refractivity contribution in [3.05, 3.63) is 28.8 Å². The maximum absolute atomic E-state index is 11.1. The van der Waals surface area contributed by atoms with Gasteiger partial charge in [-0.25, -0.2) is 0 Å². The minimum Gasteiger partial charge on any atom is -0.368 e. The lowest BCUT2D eigenvalue weighted by molar-refractivity contribution is -0.116. The number of hydrogen-bond acceptors (Lipinski definition) is 3. The van der Waals surface area contributed by atoms with Crippen molar-refractivity contribution in [1.29, 1.82) is 0 Å². The highest BCUT2D eigenvalue weighted by Crippen LogP contribution is 2.29. The first-order valence-corrected chi connectivity index (χ1v) is 6.49. The van der Waals surface area contributed by atoms with E-state index in [1.807, 2.05) is 36.9 Å². The van der Waals surface area contributed by atoms with Gasteiger partial charge in [-0.05, 0) is 25.1 Å². The summed E-state index contributed by atoms with van der Waals surface area (Å²) in [5, 5.41) is 3.91. The second kappa shape index (κ2) is 7.24. The van der Waals surface area contributed by atoms with Crippen molar-refractivity contribution in [2.45, 2.75) is 20.4 Å². The molecule has 0 aliphatic carbocycles. The van der Waals surface area contributed by atoms with Crippen LogP contribution >= 0.6 is 11.6 Å². The van der Waals surface area contributed by atoms with Crippen molar-refractivity contribution in [1.82, 2.24) is 5.32 Å². The highest BCUT2D eigenvalue weighted by atomic mass is 35.5. The molecule has 0 spiro atoms. The van der Waals surface area contributed by atoms with Gasteiger partial charge in [0.25, 0.3) is 0 Å². The zero-order valence-corrected chi connectivity index (χ0v) is 11.6. The molecule has 1 amide bonds. The highest BCUT2D eigenvalue weighted by Gasteiger charge is 2.15. The average molecular weight is 270 g/mol. The van der Waals surface area contributed by atoms with E-state index in [4.69, 9.17) is 17.3 Å². The van der Waals surface area contributed by atoms with Crippen LogP contribution in [-0.4, -0.2) is 25.5 Å². The molecule has 0 saturated heterocycles. The number of likely N-dealkylation sites (N-methyl/N-ethyl adjacent to an activating group) is 1. The van der Waals surface area contributed by atoms with Gasteiger partial charge in [-0.2, -0.15) is 0 Å². The van der Waals surface area contributed by atoms with Crippen LogP contribution in [0.1, 0.15) is 19.4 Å². The molecular weight excluding hydrogens is 250 g/mol. The Hall–Kier alpha value is -1.26. The van der Waals surface area contributed by atoms with E-state index in [1.165, 1.54) is 0 Å². The Morgan fingerprint density at radius 3 is 2.72 bits per heavy atom. The third-order valence-corrected chi connectivity index (χ3v) is 2.99. The van der Waals surface area contributed by atoms with Crippen LogP contribution in [0.2, 0.25) is 5.02 Å². The lowest BCUT2D eigenvalue weighted by Crippen LogP contribution is -2.34. The van der Waals surface area contributed by atoms with Crippen molar-refractivity contribution in [3.63, 3.8) is 0 Å². The standard InChI is InChI=1S/C13H20ClN3O/c1-3-16-8-10-6-5-7-11(14)13(10)17(4-2)9-12(15)18/h5-7,16H,3-4,8-9H2,1-2H3,(H2,15,18). The maximum Gasteiger partial charge on any atom is 0.236 e. The van der Waals surface area contributed by atoms with E-state index in [-0.39, 0.29) is 12.5 Å². The smallest absolute Gasteiger partial charge is 0.236 e. The first-order valence-electron chi connectivity index (χ1n) is 6.11. The fourth-order valence-corrected chi connectivity index (χ4v) is 2.17. The Morgan fingerprint density at radius 2 is 2.17 bits per heavy atom. The van der Waals surface area contributed by atoms with Crippen molar-refractivity contribution in [2.75, 3.05) is 24.5 Å². The number of nitrogens with two attached hydrogens (primary N) is 1. The normalized spacial score (nSPS) is 10.4. The number of carbonyl (C=O) groups is 1. The lowest BCUT2D eigenvalue weighted by atomic mass is 10.1. The molecule has 0 aliphatic heterocycles. The van der Waals surface area contributed by atoms with Crippen LogP contribution in [0.3, 0.4) is 0 Å². The number of primary amides is 1. The second-order valence-corrected chi connectivity index (χ2v) is 4.42. The van der Waals surface area contributed by atoms with E-state index in [0.717, 1.165) is 24.3 Å². The van der Waals surface area contributed by atoms with Gasteiger partial charge >= 0.3 is 0 Å². The third kappa shape index (κ3) is 3.89. The number of nitrogens with zero attached hydrogens (tertiary/aromatic N) is 1. The number of carbonyl (C=O) groups excluding carboxylic acids is 1. The molecule has 0 radical (unpaired) electrons. The molecular formula is C13H20ClN3O. The van der Waals surface area contributed by atoms with E-state index in [2.05, 4.69) is 5.32 Å². The van der Waals surface area contributed by atoms with Gasteiger partial charge in [0.05, 0.1) is 17.3 Å². The Kier molecular flexibility index (Phi) is 5.95. The van der Waals surface area contributed by atoms with Crippen LogP contribution in [-0.2, 0) is 11.3 Å². The number of benzene rings is 1. The molecule has 0 saturated carbocycles. The summed E-state index contributed by atoms with van der Waals surface area (Å²) in [5.74, 6) is -0.355. The summed E-state index contributed by atoms with van der Waals surface area (Å²) < 4.78 is 0. The minimum atomic E-state index is -0.355. The third-order valence-electron chi connectivity index (χ3n) is 2.68. The molecule has 3 N–H and O–H groups in total. The zero-order chi connectivity index (χ0) is 13.5. The van der Waals surface area contributed by atoms with Crippen LogP contribution in [0.15, 0.2) is 18.2 Å². The summed E-state index contributed by atoms with van der Waals surface area (Å²) in [6.45, 7) is 6.50. The van der Waals surface area contributed by atoms with Gasteiger partial charge in [-0.3, -0.25) is 4.79 Å². The van der Waals surface area contributed by atoms with Gasteiger partial charge in [0.15, 0.2) is 0 Å². The molecule has 5 heteroatoms. The first kappa shape index (κ1) is 14.8. The van der Waals surface area contributed by atoms with Crippen LogP contribution in [0.25, 0.3) is 0 Å². The van der Waals surface area contributed by atoms with E-state index >= 15 is 0 Å². The predicted molar refractivity (Wildman–Crippen MR) is 75.9 cm³/mol.